The SMILES string of the molecule is CCC(CC)CC(O)COc1ccccc1C(=O)[O-]. The Morgan fingerprint density at radius 2 is 1.95 bits per heavy atom. The van der Waals surface area contributed by atoms with Crippen LogP contribution in [0.25, 0.3) is 0 Å². The van der Waals surface area contributed by atoms with Gasteiger partial charge in [-0.1, -0.05) is 38.8 Å². The lowest BCUT2D eigenvalue weighted by Crippen LogP contribution is -2.25. The Balaban J connectivity index is 2.55. The van der Waals surface area contributed by atoms with Crippen molar-refractivity contribution in [2.24, 2.45) is 5.92 Å². The molecule has 0 aliphatic rings. The van der Waals surface area contributed by atoms with Gasteiger partial charge in [-0.25, -0.2) is 0 Å². The Morgan fingerprint density at radius 1 is 1.32 bits per heavy atom. The third-order valence-electron chi connectivity index (χ3n) is 3.30. The summed E-state index contributed by atoms with van der Waals surface area (Å²) in [4.78, 5) is 10.9. The molecule has 0 heterocycles. The zero-order valence-corrected chi connectivity index (χ0v) is 11.5. The normalized spacial score (nSPS) is 12.4. The molecule has 0 aromatic heterocycles. The minimum atomic E-state index is -1.27. The molecule has 4 nitrogen and oxygen atoms in total. The molecule has 0 saturated heterocycles. The Labute approximate surface area is 114 Å². The zero-order chi connectivity index (χ0) is 14.3. The Kier molecular flexibility index (Phi) is 6.36. The molecule has 106 valence electrons. The van der Waals surface area contributed by atoms with E-state index < -0.39 is 12.1 Å². The molecule has 0 radical (unpaired) electrons. The molecule has 1 atom stereocenters. The quantitative estimate of drug-likeness (QED) is 0.775. The molecule has 0 aliphatic carbocycles. The minimum absolute atomic E-state index is 0.0113. The number of benzene rings is 1. The number of aliphatic hydroxyl groups is 1. The lowest BCUT2D eigenvalue weighted by molar-refractivity contribution is -0.255. The van der Waals surface area contributed by atoms with Gasteiger partial charge in [-0.15, -0.1) is 0 Å². The van der Waals surface area contributed by atoms with Gasteiger partial charge in [-0.05, 0) is 24.5 Å². The second kappa shape index (κ2) is 7.79. The lowest BCUT2D eigenvalue weighted by Gasteiger charge is -2.19. The molecule has 0 bridgehead atoms. The van der Waals surface area contributed by atoms with Crippen LogP contribution in [0.15, 0.2) is 24.3 Å². The van der Waals surface area contributed by atoms with E-state index in [1.54, 1.807) is 18.2 Å². The molecule has 1 rings (SSSR count). The smallest absolute Gasteiger partial charge is 0.128 e. The number of rotatable bonds is 8. The van der Waals surface area contributed by atoms with E-state index in [9.17, 15) is 15.0 Å². The summed E-state index contributed by atoms with van der Waals surface area (Å²) in [6.45, 7) is 4.28. The van der Waals surface area contributed by atoms with Gasteiger partial charge in [0.1, 0.15) is 12.4 Å². The van der Waals surface area contributed by atoms with Crippen LogP contribution in [0.2, 0.25) is 0 Å². The molecule has 0 aliphatic heterocycles. The number of hydrogen-bond acceptors (Lipinski definition) is 4. The third kappa shape index (κ3) is 4.91. The number of aliphatic hydroxyl groups excluding tert-OH is 1. The number of aromatic carboxylic acids is 1. The van der Waals surface area contributed by atoms with Crippen LogP contribution in [0.4, 0.5) is 0 Å². The van der Waals surface area contributed by atoms with Crippen molar-refractivity contribution in [1.82, 2.24) is 0 Å². The first-order valence-corrected chi connectivity index (χ1v) is 6.69. The minimum Gasteiger partial charge on any atom is -0.545 e. The molecule has 4 heteroatoms. The lowest BCUT2D eigenvalue weighted by atomic mass is 9.96. The summed E-state index contributed by atoms with van der Waals surface area (Å²) >= 11 is 0. The van der Waals surface area contributed by atoms with E-state index in [-0.39, 0.29) is 17.9 Å². The number of carbonyl (C=O) groups excluding carboxylic acids is 1. The van der Waals surface area contributed by atoms with Crippen LogP contribution >= 0.6 is 0 Å². The topological polar surface area (TPSA) is 69.6 Å². The molecule has 1 aromatic rings. The highest BCUT2D eigenvalue weighted by Gasteiger charge is 2.13. The van der Waals surface area contributed by atoms with E-state index in [1.807, 2.05) is 0 Å². The fourth-order valence-electron chi connectivity index (χ4n) is 2.02. The van der Waals surface area contributed by atoms with Crippen molar-refractivity contribution >= 4 is 5.97 Å². The summed E-state index contributed by atoms with van der Waals surface area (Å²) in [6, 6.07) is 6.29. The van der Waals surface area contributed by atoms with E-state index in [1.165, 1.54) is 6.07 Å². The number of carboxylic acid groups (broad SMARTS) is 1. The average molecular weight is 265 g/mol. The number of carboxylic acids is 1. The van der Waals surface area contributed by atoms with Crippen molar-refractivity contribution in [2.45, 2.75) is 39.2 Å². The van der Waals surface area contributed by atoms with Gasteiger partial charge in [0, 0.05) is 5.56 Å². The van der Waals surface area contributed by atoms with Crippen LogP contribution in [0, 0.1) is 5.92 Å². The van der Waals surface area contributed by atoms with Crippen molar-refractivity contribution in [3.05, 3.63) is 29.8 Å². The van der Waals surface area contributed by atoms with Crippen LogP contribution < -0.4 is 9.84 Å². The van der Waals surface area contributed by atoms with Gasteiger partial charge in [-0.2, -0.15) is 0 Å². The number of ether oxygens (including phenoxy) is 1. The van der Waals surface area contributed by atoms with E-state index in [4.69, 9.17) is 4.74 Å². The van der Waals surface area contributed by atoms with Crippen LogP contribution in [-0.2, 0) is 0 Å². The molecule has 0 amide bonds. The molecule has 0 saturated carbocycles. The fraction of sp³-hybridized carbons (Fsp3) is 0.533. The average Bonchev–Trinajstić information content (AvgIpc) is 2.42. The van der Waals surface area contributed by atoms with Gasteiger partial charge in [0.2, 0.25) is 0 Å². The number of hydrogen-bond donors (Lipinski definition) is 1. The van der Waals surface area contributed by atoms with Crippen molar-refractivity contribution in [1.29, 1.82) is 0 Å². The van der Waals surface area contributed by atoms with Gasteiger partial charge in [0.05, 0.1) is 12.1 Å². The summed E-state index contributed by atoms with van der Waals surface area (Å²) < 4.78 is 5.38. The van der Waals surface area contributed by atoms with E-state index >= 15 is 0 Å². The van der Waals surface area contributed by atoms with Gasteiger partial charge in [0.25, 0.3) is 0 Å². The second-order valence-corrected chi connectivity index (χ2v) is 4.67. The molecule has 1 unspecified atom stereocenters. The maximum absolute atomic E-state index is 10.9. The Bertz CT molecular complexity index is 399. The summed E-state index contributed by atoms with van der Waals surface area (Å²) in [7, 11) is 0. The van der Waals surface area contributed by atoms with Crippen molar-refractivity contribution in [3.8, 4) is 5.75 Å². The predicted octanol–water partition coefficient (Wildman–Crippen LogP) is 1.62. The predicted molar refractivity (Wildman–Crippen MR) is 71.0 cm³/mol. The first-order valence-electron chi connectivity index (χ1n) is 6.69. The van der Waals surface area contributed by atoms with Crippen LogP contribution in [0.3, 0.4) is 0 Å². The molecular formula is C15H21O4-. The van der Waals surface area contributed by atoms with Crippen molar-refractivity contribution in [3.63, 3.8) is 0 Å². The van der Waals surface area contributed by atoms with Crippen LogP contribution in [0.1, 0.15) is 43.5 Å². The van der Waals surface area contributed by atoms with Crippen molar-refractivity contribution < 1.29 is 19.7 Å². The van der Waals surface area contributed by atoms with Crippen LogP contribution in [0.5, 0.6) is 5.75 Å². The zero-order valence-electron chi connectivity index (χ0n) is 11.5. The van der Waals surface area contributed by atoms with E-state index in [2.05, 4.69) is 13.8 Å². The van der Waals surface area contributed by atoms with Crippen LogP contribution in [-0.4, -0.2) is 23.8 Å². The van der Waals surface area contributed by atoms with Gasteiger partial charge in [0.15, 0.2) is 0 Å². The van der Waals surface area contributed by atoms with Gasteiger partial charge >= 0.3 is 0 Å². The molecule has 19 heavy (non-hydrogen) atoms. The molecule has 0 spiro atoms. The van der Waals surface area contributed by atoms with E-state index in [0.717, 1.165) is 12.8 Å². The summed E-state index contributed by atoms with van der Waals surface area (Å²) in [5.41, 5.74) is 0.0113. The summed E-state index contributed by atoms with van der Waals surface area (Å²) in [5.74, 6) is -0.564. The maximum atomic E-state index is 10.9. The highest BCUT2D eigenvalue weighted by molar-refractivity contribution is 5.89. The Hall–Kier alpha value is -1.55. The third-order valence-corrected chi connectivity index (χ3v) is 3.30. The summed E-state index contributed by atoms with van der Waals surface area (Å²) in [6.07, 6.45) is 2.12. The second-order valence-electron chi connectivity index (χ2n) is 4.67. The number of para-hydroxylation sites is 1. The highest BCUT2D eigenvalue weighted by atomic mass is 16.5. The van der Waals surface area contributed by atoms with E-state index in [0.29, 0.717) is 12.3 Å². The molecule has 0 fully saturated rings. The van der Waals surface area contributed by atoms with Crippen molar-refractivity contribution in [2.75, 3.05) is 6.61 Å². The number of carbonyl (C=O) groups is 1. The van der Waals surface area contributed by atoms with Gasteiger partial charge < -0.3 is 19.7 Å². The molecular weight excluding hydrogens is 244 g/mol. The largest absolute Gasteiger partial charge is 0.545 e. The molecule has 1 N–H and O–H groups in total. The Morgan fingerprint density at radius 3 is 2.53 bits per heavy atom. The maximum Gasteiger partial charge on any atom is 0.128 e. The fourth-order valence-corrected chi connectivity index (χ4v) is 2.02. The standard InChI is InChI=1S/C15H22O4/c1-3-11(4-2)9-12(16)10-19-14-8-6-5-7-13(14)15(17)18/h5-8,11-12,16H,3-4,9-10H2,1-2H3,(H,17,18)/p-1. The first-order chi connectivity index (χ1) is 9.08. The van der Waals surface area contributed by atoms with Gasteiger partial charge in [-0.3, -0.25) is 0 Å². The monoisotopic (exact) mass is 265 g/mol. The highest BCUT2D eigenvalue weighted by Crippen LogP contribution is 2.19. The molecule has 1 aromatic carbocycles. The summed E-state index contributed by atoms with van der Waals surface area (Å²) in [5, 5.41) is 20.8. The first kappa shape index (κ1) is 15.5.